The maximum Gasteiger partial charge on any atom is 0.335 e. The van der Waals surface area contributed by atoms with Gasteiger partial charge in [-0.3, -0.25) is 0 Å². The predicted octanol–water partition coefficient (Wildman–Crippen LogP) is -1.03. The summed E-state index contributed by atoms with van der Waals surface area (Å²) < 4.78 is 14.5. The number of ether oxygens (including phenoxy) is 1. The van der Waals surface area contributed by atoms with E-state index in [4.69, 9.17) is 45.6 Å². The molecule has 2 rings (SSSR count). The molecule has 1 aliphatic heterocycles. The van der Waals surface area contributed by atoms with Crippen LogP contribution in [-0.4, -0.2) is 130 Å². The number of likely N-dealkylation sites (N-methyl/N-ethyl adjacent to an activating group) is 1. The monoisotopic (exact) mass is 581 g/mol. The number of carboxylic acids is 4. The quantitative estimate of drug-likeness (QED) is 0.129. The van der Waals surface area contributed by atoms with Gasteiger partial charge >= 0.3 is 23.9 Å². The number of nitrogens with zero attached hydrogens (tertiary/aromatic N) is 3. The summed E-state index contributed by atoms with van der Waals surface area (Å²) in [4.78, 5) is 41.4. The van der Waals surface area contributed by atoms with Crippen LogP contribution in [0.2, 0.25) is 0 Å². The van der Waals surface area contributed by atoms with Gasteiger partial charge in [-0.2, -0.15) is 4.37 Å². The fourth-order valence-corrected chi connectivity index (χ4v) is 3.31. The van der Waals surface area contributed by atoms with Crippen molar-refractivity contribution in [3.8, 4) is 5.88 Å². The summed E-state index contributed by atoms with van der Waals surface area (Å²) in [6.07, 6.45) is -0.854. The first-order valence-electron chi connectivity index (χ1n) is 11.7. The highest BCUT2D eigenvalue weighted by atomic mass is 32.1. The Hall–Kier alpha value is -3.22. The molecule has 0 amide bonds. The zero-order chi connectivity index (χ0) is 30.1. The molecule has 4 atom stereocenters. The van der Waals surface area contributed by atoms with Gasteiger partial charge in [-0.25, -0.2) is 19.2 Å². The Kier molecular flexibility index (Phi) is 17.4. The molecule has 0 spiro atoms. The molecule has 39 heavy (non-hydrogen) atoms. The van der Waals surface area contributed by atoms with E-state index in [2.05, 4.69) is 33.7 Å². The van der Waals surface area contributed by atoms with Gasteiger partial charge < -0.3 is 50.5 Å². The van der Waals surface area contributed by atoms with Crippen LogP contribution in [0, 0.1) is 0 Å². The topological polar surface area (TPSA) is 268 Å². The van der Waals surface area contributed by atoms with Crippen molar-refractivity contribution in [2.75, 3.05) is 26.7 Å². The summed E-state index contributed by atoms with van der Waals surface area (Å²) >= 11 is 1.25. The molecule has 16 nitrogen and oxygen atoms in total. The maximum absolute atomic E-state index is 9.77. The molecule has 2 unspecified atom stereocenters. The third-order valence-electron chi connectivity index (χ3n) is 4.95. The Morgan fingerprint density at radius 1 is 0.872 bits per heavy atom. The predicted molar refractivity (Wildman–Crippen MR) is 134 cm³/mol. The fourth-order valence-electron chi connectivity index (χ4n) is 2.77. The second-order valence-corrected chi connectivity index (χ2v) is 8.74. The van der Waals surface area contributed by atoms with Gasteiger partial charge in [0.1, 0.15) is 5.69 Å². The molecule has 0 saturated carbocycles. The number of rotatable bonds is 13. The number of carbonyl (C=O) groups is 4. The van der Waals surface area contributed by atoms with Gasteiger partial charge in [0, 0.05) is 13.1 Å². The summed E-state index contributed by atoms with van der Waals surface area (Å²) in [6, 6.07) is 0. The van der Waals surface area contributed by atoms with Crippen molar-refractivity contribution in [2.24, 2.45) is 0 Å². The lowest BCUT2D eigenvalue weighted by Crippen LogP contribution is -2.39. The summed E-state index contributed by atoms with van der Waals surface area (Å²) in [5, 5.41) is 65.1. The molecular weight excluding hydrogens is 546 g/mol. The summed E-state index contributed by atoms with van der Waals surface area (Å²) in [5.74, 6) is -6.35. The van der Waals surface area contributed by atoms with Gasteiger partial charge in [0.05, 0.1) is 18.3 Å². The van der Waals surface area contributed by atoms with Gasteiger partial charge in [0.2, 0.25) is 0 Å². The van der Waals surface area contributed by atoms with Crippen molar-refractivity contribution in [1.29, 1.82) is 0 Å². The molecule has 0 aliphatic carbocycles. The lowest BCUT2D eigenvalue weighted by atomic mass is 10.1. The van der Waals surface area contributed by atoms with Crippen molar-refractivity contribution in [3.63, 3.8) is 0 Å². The number of aliphatic hydroxyl groups excluding tert-OH is 4. The van der Waals surface area contributed by atoms with Crippen LogP contribution in [0.4, 0.5) is 0 Å². The average molecular weight is 582 g/mol. The standard InChI is InChI=1S/C14H23N3OS.2C4H6O6/c1-3-4-5-6-10-18-14-13(15-19-16-14)12-8-7-9-17(2)11-12;2*5-1(3(7)8)2(6)4(9)10/h8H,3-7,9-11H2,1-2H3;2*1-2,5-6H,(H,7,8)(H,9,10)/t;1-,2-;/m.1./s1. The number of hydrogen-bond donors (Lipinski definition) is 8. The number of unbranched alkanes of at least 4 members (excludes halogenated alkanes) is 3. The zero-order valence-electron chi connectivity index (χ0n) is 21.4. The second kappa shape index (κ2) is 18.9. The third-order valence-corrected chi connectivity index (χ3v) is 5.46. The molecule has 0 aromatic carbocycles. The molecule has 1 aromatic rings. The van der Waals surface area contributed by atoms with Crippen molar-refractivity contribution in [1.82, 2.24) is 13.6 Å². The Labute approximate surface area is 227 Å². The van der Waals surface area contributed by atoms with E-state index in [0.717, 1.165) is 44.1 Å². The Bertz CT molecular complexity index is 883. The van der Waals surface area contributed by atoms with Crippen LogP contribution >= 0.6 is 11.7 Å². The number of aromatic nitrogens is 2. The lowest BCUT2D eigenvalue weighted by molar-refractivity contribution is -0.165. The van der Waals surface area contributed by atoms with E-state index in [1.807, 2.05) is 0 Å². The van der Waals surface area contributed by atoms with Crippen molar-refractivity contribution in [3.05, 3.63) is 11.8 Å². The van der Waals surface area contributed by atoms with Gasteiger partial charge in [-0.05, 0) is 25.5 Å². The maximum atomic E-state index is 9.77. The Morgan fingerprint density at radius 3 is 1.77 bits per heavy atom. The zero-order valence-corrected chi connectivity index (χ0v) is 22.2. The highest BCUT2D eigenvalue weighted by Gasteiger charge is 2.30. The molecule has 8 N–H and O–H groups in total. The molecule has 0 saturated heterocycles. The smallest absolute Gasteiger partial charge is 0.335 e. The van der Waals surface area contributed by atoms with E-state index in [-0.39, 0.29) is 0 Å². The first-order valence-corrected chi connectivity index (χ1v) is 12.4. The Balaban J connectivity index is 0.000000616. The molecule has 1 aromatic heterocycles. The largest absolute Gasteiger partial charge is 0.479 e. The first-order chi connectivity index (χ1) is 18.2. The van der Waals surface area contributed by atoms with Crippen LogP contribution in [0.15, 0.2) is 6.08 Å². The normalized spacial score (nSPS) is 16.1. The molecule has 0 radical (unpaired) electrons. The number of aliphatic carboxylic acids is 4. The minimum atomic E-state index is -2.27. The Morgan fingerprint density at radius 2 is 1.36 bits per heavy atom. The van der Waals surface area contributed by atoms with E-state index >= 15 is 0 Å². The highest BCUT2D eigenvalue weighted by Crippen LogP contribution is 2.27. The second-order valence-electron chi connectivity index (χ2n) is 8.22. The van der Waals surface area contributed by atoms with Crippen LogP contribution in [-0.2, 0) is 19.2 Å². The van der Waals surface area contributed by atoms with Crippen LogP contribution < -0.4 is 4.74 Å². The van der Waals surface area contributed by atoms with Crippen LogP contribution in [0.5, 0.6) is 5.88 Å². The minimum absolute atomic E-state index is 0.725. The van der Waals surface area contributed by atoms with E-state index in [1.54, 1.807) is 0 Å². The number of carboxylic acid groups (broad SMARTS) is 4. The van der Waals surface area contributed by atoms with Gasteiger partial charge in [-0.1, -0.05) is 32.3 Å². The van der Waals surface area contributed by atoms with E-state index in [1.165, 1.54) is 36.6 Å². The average Bonchev–Trinajstić information content (AvgIpc) is 3.35. The molecule has 222 valence electrons. The van der Waals surface area contributed by atoms with Crippen molar-refractivity contribution >= 4 is 41.2 Å². The number of aliphatic hydroxyl groups is 4. The van der Waals surface area contributed by atoms with Crippen LogP contribution in [0.25, 0.3) is 5.57 Å². The van der Waals surface area contributed by atoms with E-state index in [9.17, 15) is 19.2 Å². The summed E-state index contributed by atoms with van der Waals surface area (Å²) in [5.41, 5.74) is 2.21. The molecule has 0 fully saturated rings. The molecule has 1 aliphatic rings. The fraction of sp³-hybridized carbons (Fsp3) is 0.636. The third kappa shape index (κ3) is 13.9. The van der Waals surface area contributed by atoms with E-state index < -0.39 is 48.3 Å². The van der Waals surface area contributed by atoms with Crippen LogP contribution in [0.3, 0.4) is 0 Å². The van der Waals surface area contributed by atoms with E-state index in [0.29, 0.717) is 0 Å². The SMILES string of the molecule is CCCCCCOc1nsnc1C1=CCCN(C)C1.O=C(O)C(O)C(O)C(=O)O.O=C(O)[C@H](O)[C@@H](O)C(=O)O. The van der Waals surface area contributed by atoms with Crippen LogP contribution in [0.1, 0.15) is 44.7 Å². The summed E-state index contributed by atoms with van der Waals surface area (Å²) in [6.45, 7) is 5.03. The van der Waals surface area contributed by atoms with Gasteiger partial charge in [-0.15, -0.1) is 4.37 Å². The van der Waals surface area contributed by atoms with Gasteiger partial charge in [0.15, 0.2) is 24.4 Å². The molecule has 0 bridgehead atoms. The van der Waals surface area contributed by atoms with Crippen molar-refractivity contribution in [2.45, 2.75) is 63.4 Å². The number of hydrogen-bond acceptors (Lipinski definition) is 13. The molecule has 17 heteroatoms. The minimum Gasteiger partial charge on any atom is -0.479 e. The highest BCUT2D eigenvalue weighted by molar-refractivity contribution is 6.99. The summed E-state index contributed by atoms with van der Waals surface area (Å²) in [7, 11) is 2.14. The lowest BCUT2D eigenvalue weighted by Gasteiger charge is -2.22. The molecule has 2 heterocycles. The first kappa shape index (κ1) is 35.8. The van der Waals surface area contributed by atoms with Crippen molar-refractivity contribution < 1.29 is 64.8 Å². The van der Waals surface area contributed by atoms with Gasteiger partial charge in [0.25, 0.3) is 5.88 Å². The molecular formula is C22H35N3O13S.